The lowest BCUT2D eigenvalue weighted by atomic mass is 9.97. The monoisotopic (exact) mass is 328 g/mol. The van der Waals surface area contributed by atoms with Crippen LogP contribution in [0.2, 0.25) is 0 Å². The van der Waals surface area contributed by atoms with E-state index in [0.717, 1.165) is 38.5 Å². The van der Waals surface area contributed by atoms with Gasteiger partial charge in [-0.05, 0) is 25.7 Å². The predicted molar refractivity (Wildman–Crippen MR) is 90.2 cm³/mol. The molecule has 1 amide bonds. The van der Waals surface area contributed by atoms with Crippen molar-refractivity contribution in [1.82, 2.24) is 10.2 Å². The van der Waals surface area contributed by atoms with Gasteiger partial charge < -0.3 is 9.64 Å². The van der Waals surface area contributed by atoms with E-state index >= 15 is 0 Å². The van der Waals surface area contributed by atoms with Crippen LogP contribution in [0.4, 0.5) is 0 Å². The number of amides is 1. The maximum absolute atomic E-state index is 12.1. The molecule has 2 N–H and O–H groups in total. The van der Waals surface area contributed by atoms with Gasteiger partial charge in [0, 0.05) is 17.5 Å². The molecule has 1 aliphatic heterocycles. The Morgan fingerprint density at radius 1 is 1.17 bits per heavy atom. The Morgan fingerprint density at radius 3 is 2.52 bits per heavy atom. The molecule has 0 radical (unpaired) electrons. The SMILES string of the molecule is [2H]C([2H])([2H])N1CC(=O)OC(C)C(C)CCCCCCCCC(=O)NC1=N. The number of carbonyl (C=O) groups excluding carboxylic acids is 2. The zero-order valence-electron chi connectivity index (χ0n) is 17.2. The molecular weight excluding hydrogens is 294 g/mol. The van der Waals surface area contributed by atoms with Gasteiger partial charge in [0.25, 0.3) is 0 Å². The number of nitrogens with one attached hydrogen (secondary N) is 2. The highest BCUT2D eigenvalue weighted by atomic mass is 16.5. The predicted octanol–water partition coefficient (Wildman–Crippen LogP) is 2.67. The van der Waals surface area contributed by atoms with E-state index in [1.54, 1.807) is 6.92 Å². The fraction of sp³-hybridized carbons (Fsp3) is 0.824. The van der Waals surface area contributed by atoms with E-state index in [9.17, 15) is 9.59 Å². The summed E-state index contributed by atoms with van der Waals surface area (Å²) in [5.74, 6) is -1.56. The molecule has 0 bridgehead atoms. The van der Waals surface area contributed by atoms with Crippen LogP contribution in [-0.4, -0.2) is 42.4 Å². The highest BCUT2D eigenvalue weighted by Crippen LogP contribution is 2.17. The van der Waals surface area contributed by atoms with Gasteiger partial charge in [0.05, 0.1) is 0 Å². The van der Waals surface area contributed by atoms with Crippen LogP contribution in [0.3, 0.4) is 0 Å². The van der Waals surface area contributed by atoms with E-state index in [0.29, 0.717) is 11.3 Å². The summed E-state index contributed by atoms with van der Waals surface area (Å²) in [6, 6.07) is 0. The van der Waals surface area contributed by atoms with Crippen LogP contribution in [0.25, 0.3) is 0 Å². The third-order valence-corrected chi connectivity index (χ3v) is 4.25. The minimum absolute atomic E-state index is 0.176. The van der Waals surface area contributed by atoms with Crippen molar-refractivity contribution in [2.75, 3.05) is 13.5 Å². The van der Waals surface area contributed by atoms with Crippen molar-refractivity contribution in [3.63, 3.8) is 0 Å². The molecule has 1 fully saturated rings. The highest BCUT2D eigenvalue weighted by Gasteiger charge is 2.19. The first-order valence-corrected chi connectivity index (χ1v) is 8.46. The summed E-state index contributed by atoms with van der Waals surface area (Å²) >= 11 is 0. The lowest BCUT2D eigenvalue weighted by Crippen LogP contribution is -2.44. The van der Waals surface area contributed by atoms with Crippen LogP contribution in [0.1, 0.15) is 69.3 Å². The molecule has 0 spiro atoms. The number of guanidine groups is 1. The first kappa shape index (κ1) is 15.0. The molecule has 2 atom stereocenters. The zero-order valence-corrected chi connectivity index (χ0v) is 14.2. The second kappa shape index (κ2) is 10.2. The van der Waals surface area contributed by atoms with E-state index in [1.807, 2.05) is 6.92 Å². The molecule has 1 saturated heterocycles. The Hall–Kier alpha value is -1.59. The number of ether oxygens (including phenoxy) is 1. The third-order valence-electron chi connectivity index (χ3n) is 4.25. The van der Waals surface area contributed by atoms with Gasteiger partial charge in [0.2, 0.25) is 5.91 Å². The van der Waals surface area contributed by atoms with Gasteiger partial charge in [-0.25, -0.2) is 0 Å². The molecule has 1 rings (SSSR count). The Kier molecular flexibility index (Phi) is 6.66. The van der Waals surface area contributed by atoms with Crippen molar-refractivity contribution in [3.05, 3.63) is 0 Å². The minimum atomic E-state index is -2.72. The van der Waals surface area contributed by atoms with Crippen LogP contribution in [-0.2, 0) is 14.3 Å². The van der Waals surface area contributed by atoms with Gasteiger partial charge in [-0.3, -0.25) is 20.3 Å². The van der Waals surface area contributed by atoms with Crippen LogP contribution in [0.15, 0.2) is 0 Å². The lowest BCUT2D eigenvalue weighted by molar-refractivity contribution is -0.150. The van der Waals surface area contributed by atoms with Crippen LogP contribution >= 0.6 is 0 Å². The van der Waals surface area contributed by atoms with Crippen LogP contribution in [0.5, 0.6) is 0 Å². The fourth-order valence-corrected chi connectivity index (χ4v) is 2.52. The van der Waals surface area contributed by atoms with Gasteiger partial charge in [-0.2, -0.15) is 0 Å². The smallest absolute Gasteiger partial charge is 0.325 e. The van der Waals surface area contributed by atoms with Crippen molar-refractivity contribution in [2.24, 2.45) is 5.92 Å². The number of esters is 1. The summed E-state index contributed by atoms with van der Waals surface area (Å²) in [6.45, 7) is 0.479. The maximum Gasteiger partial charge on any atom is 0.325 e. The standard InChI is InChI=1S/C17H31N3O3/c1-13-10-8-6-4-5-7-9-11-15(21)19-17(18)20(3)12-16(22)23-14(13)2/h13-14H,4-12H2,1-3H3,(H2,18,19,21)/i3D3. The average molecular weight is 328 g/mol. The summed E-state index contributed by atoms with van der Waals surface area (Å²) in [5, 5.41) is 10.2. The molecule has 1 aliphatic rings. The van der Waals surface area contributed by atoms with E-state index < -0.39 is 31.4 Å². The Morgan fingerprint density at radius 2 is 1.83 bits per heavy atom. The number of hydrogen-bond donors (Lipinski definition) is 2. The molecule has 6 nitrogen and oxygen atoms in total. The van der Waals surface area contributed by atoms with Gasteiger partial charge in [-0.15, -0.1) is 0 Å². The molecule has 2 unspecified atom stereocenters. The van der Waals surface area contributed by atoms with E-state index in [1.165, 1.54) is 0 Å². The van der Waals surface area contributed by atoms with Gasteiger partial charge in [-0.1, -0.05) is 39.0 Å². The van der Waals surface area contributed by atoms with Crippen molar-refractivity contribution in [3.8, 4) is 0 Å². The molecule has 0 aromatic carbocycles. The van der Waals surface area contributed by atoms with Crippen molar-refractivity contribution >= 4 is 17.8 Å². The summed E-state index contributed by atoms with van der Waals surface area (Å²) in [4.78, 5) is 24.6. The lowest BCUT2D eigenvalue weighted by Gasteiger charge is -2.23. The molecule has 0 aromatic rings. The first-order valence-electron chi connectivity index (χ1n) is 9.96. The zero-order chi connectivity index (χ0) is 19.7. The number of likely N-dealkylation sites (N-methyl/N-ethyl adjacent to an activating group) is 1. The Bertz CT molecular complexity index is 497. The minimum Gasteiger partial charge on any atom is -0.461 e. The second-order valence-electron chi connectivity index (χ2n) is 6.32. The molecule has 0 saturated carbocycles. The highest BCUT2D eigenvalue weighted by molar-refractivity contribution is 5.96. The quantitative estimate of drug-likeness (QED) is 0.670. The molecule has 6 heteroatoms. The Labute approximate surface area is 143 Å². The molecule has 23 heavy (non-hydrogen) atoms. The number of rotatable bonds is 0. The van der Waals surface area contributed by atoms with Gasteiger partial charge in [0.1, 0.15) is 12.6 Å². The normalized spacial score (nSPS) is 29.6. The van der Waals surface area contributed by atoms with Crippen molar-refractivity contribution in [2.45, 2.75) is 71.3 Å². The third kappa shape index (κ3) is 8.00. The molecule has 132 valence electrons. The summed E-state index contributed by atoms with van der Waals surface area (Å²) in [5.41, 5.74) is 0. The summed E-state index contributed by atoms with van der Waals surface area (Å²) in [7, 11) is 0. The molecular formula is C17H31N3O3. The molecule has 0 aliphatic carbocycles. The average Bonchev–Trinajstić information content (AvgIpc) is 2.52. The number of hydrogen-bond acceptors (Lipinski definition) is 4. The van der Waals surface area contributed by atoms with Crippen molar-refractivity contribution < 1.29 is 18.4 Å². The van der Waals surface area contributed by atoms with Gasteiger partial charge >= 0.3 is 5.97 Å². The van der Waals surface area contributed by atoms with Crippen LogP contribution in [0, 0.1) is 11.3 Å². The second-order valence-corrected chi connectivity index (χ2v) is 6.32. The van der Waals surface area contributed by atoms with E-state index in [4.69, 9.17) is 14.3 Å². The van der Waals surface area contributed by atoms with E-state index in [-0.39, 0.29) is 18.4 Å². The summed E-state index contributed by atoms with van der Waals surface area (Å²) < 4.78 is 27.9. The fourth-order valence-electron chi connectivity index (χ4n) is 2.52. The molecule has 0 aromatic heterocycles. The topological polar surface area (TPSA) is 82.5 Å². The van der Waals surface area contributed by atoms with Gasteiger partial charge in [0.15, 0.2) is 5.96 Å². The van der Waals surface area contributed by atoms with E-state index in [2.05, 4.69) is 5.32 Å². The maximum atomic E-state index is 12.1. The van der Waals surface area contributed by atoms with Crippen molar-refractivity contribution in [1.29, 1.82) is 5.41 Å². The Balaban J connectivity index is 2.84. The summed E-state index contributed by atoms with van der Waals surface area (Å²) in [6.07, 6.45) is 6.77. The number of carbonyl (C=O) groups is 2. The van der Waals surface area contributed by atoms with Crippen LogP contribution < -0.4 is 5.32 Å². The number of nitrogens with zero attached hydrogens (tertiary/aromatic N) is 1. The largest absolute Gasteiger partial charge is 0.461 e. The molecule has 1 heterocycles. The number of cyclic esters (lactones) is 1. The first-order chi connectivity index (χ1) is 12.1.